The second-order valence-corrected chi connectivity index (χ2v) is 7.48. The van der Waals surface area contributed by atoms with Crippen molar-refractivity contribution in [3.63, 3.8) is 0 Å². The van der Waals surface area contributed by atoms with Crippen LogP contribution in [0.2, 0.25) is 0 Å². The van der Waals surface area contributed by atoms with Crippen LogP contribution in [-0.2, 0) is 24.2 Å². The molecule has 2 heterocycles. The van der Waals surface area contributed by atoms with Crippen LogP contribution in [0, 0.1) is 0 Å². The van der Waals surface area contributed by atoms with Gasteiger partial charge in [0.15, 0.2) is 0 Å². The van der Waals surface area contributed by atoms with Crippen molar-refractivity contribution in [3.8, 4) is 0 Å². The number of nitrogens with zero attached hydrogens (tertiary/aromatic N) is 3. The molecule has 1 aromatic heterocycles. The van der Waals surface area contributed by atoms with Crippen molar-refractivity contribution in [2.24, 2.45) is 0 Å². The van der Waals surface area contributed by atoms with Gasteiger partial charge in [-0.1, -0.05) is 12.2 Å². The van der Waals surface area contributed by atoms with Gasteiger partial charge in [-0.05, 0) is 34.1 Å². The molecule has 1 aromatic rings. The molecule has 2 atom stereocenters. The molecule has 25 heavy (non-hydrogen) atoms. The van der Waals surface area contributed by atoms with Crippen LogP contribution in [0.1, 0.15) is 57.2 Å². The van der Waals surface area contributed by atoms with E-state index in [0.717, 1.165) is 17.0 Å². The molecule has 0 bridgehead atoms. The molecule has 0 unspecified atom stereocenters. The third-order valence-corrected chi connectivity index (χ3v) is 4.16. The first kappa shape index (κ1) is 19.2. The predicted octanol–water partition coefficient (Wildman–Crippen LogP) is 3.36. The van der Waals surface area contributed by atoms with E-state index >= 15 is 0 Å². The number of hydrogen-bond donors (Lipinski definition) is 1. The molecule has 0 aromatic carbocycles. The van der Waals surface area contributed by atoms with Crippen LogP contribution in [0.25, 0.3) is 0 Å². The molecular weight excluding hydrogens is 318 g/mol. The highest BCUT2D eigenvalue weighted by molar-refractivity contribution is 5.69. The van der Waals surface area contributed by atoms with E-state index in [2.05, 4.69) is 18.3 Å². The first-order valence-corrected chi connectivity index (χ1v) is 8.65. The number of ether oxygens (including phenoxy) is 1. The Hall–Kier alpha value is -2.08. The molecule has 1 N–H and O–H groups in total. The minimum atomic E-state index is -0.706. The van der Waals surface area contributed by atoms with Gasteiger partial charge >= 0.3 is 6.09 Å². The van der Waals surface area contributed by atoms with E-state index in [1.54, 1.807) is 21.7 Å². The van der Waals surface area contributed by atoms with Crippen LogP contribution in [0.15, 0.2) is 25.3 Å². The minimum Gasteiger partial charge on any atom is -0.444 e. The summed E-state index contributed by atoms with van der Waals surface area (Å²) >= 11 is 0. The zero-order valence-corrected chi connectivity index (χ0v) is 15.7. The van der Waals surface area contributed by atoms with Crippen molar-refractivity contribution >= 4 is 6.09 Å². The molecule has 0 saturated heterocycles. The van der Waals surface area contributed by atoms with Crippen LogP contribution in [0.3, 0.4) is 0 Å². The number of aliphatic hydroxyl groups is 1. The van der Waals surface area contributed by atoms with Gasteiger partial charge in [0.05, 0.1) is 30.6 Å². The molecule has 1 aliphatic heterocycles. The fourth-order valence-electron chi connectivity index (χ4n) is 3.09. The number of rotatable bonds is 5. The third kappa shape index (κ3) is 4.31. The summed E-state index contributed by atoms with van der Waals surface area (Å²) in [7, 11) is 0. The van der Waals surface area contributed by atoms with Crippen molar-refractivity contribution in [2.75, 3.05) is 0 Å². The first-order chi connectivity index (χ1) is 11.7. The van der Waals surface area contributed by atoms with Crippen LogP contribution in [-0.4, -0.2) is 37.5 Å². The molecule has 0 radical (unpaired) electrons. The number of fused-ring (bicyclic) bond motifs is 1. The van der Waals surface area contributed by atoms with Crippen molar-refractivity contribution in [1.29, 1.82) is 0 Å². The maximum atomic E-state index is 12.6. The third-order valence-electron chi connectivity index (χ3n) is 4.16. The molecule has 1 amide bonds. The van der Waals surface area contributed by atoms with Gasteiger partial charge in [0.2, 0.25) is 0 Å². The van der Waals surface area contributed by atoms with Crippen molar-refractivity contribution in [1.82, 2.24) is 14.7 Å². The fourth-order valence-corrected chi connectivity index (χ4v) is 3.09. The lowest BCUT2D eigenvalue weighted by atomic mass is 9.97. The summed E-state index contributed by atoms with van der Waals surface area (Å²) in [6.45, 7) is 15.9. The molecule has 6 nitrogen and oxygen atoms in total. The average molecular weight is 347 g/mol. The monoisotopic (exact) mass is 347 g/mol. The average Bonchev–Trinajstić information content (AvgIpc) is 2.82. The summed E-state index contributed by atoms with van der Waals surface area (Å²) < 4.78 is 7.30. The van der Waals surface area contributed by atoms with E-state index in [1.165, 1.54) is 0 Å². The molecule has 1 aliphatic rings. The highest BCUT2D eigenvalue weighted by Crippen LogP contribution is 2.31. The van der Waals surface area contributed by atoms with E-state index in [1.807, 2.05) is 27.7 Å². The summed E-state index contributed by atoms with van der Waals surface area (Å²) in [5.41, 5.74) is 2.01. The van der Waals surface area contributed by atoms with E-state index in [9.17, 15) is 9.90 Å². The molecule has 0 aliphatic carbocycles. The molecule has 0 fully saturated rings. The van der Waals surface area contributed by atoms with Crippen LogP contribution < -0.4 is 0 Å². The van der Waals surface area contributed by atoms with Crippen molar-refractivity contribution < 1.29 is 14.6 Å². The zero-order valence-electron chi connectivity index (χ0n) is 15.7. The van der Waals surface area contributed by atoms with Crippen molar-refractivity contribution in [3.05, 3.63) is 42.3 Å². The maximum Gasteiger partial charge on any atom is 0.410 e. The lowest BCUT2D eigenvalue weighted by Crippen LogP contribution is -2.45. The topological polar surface area (TPSA) is 67.6 Å². The number of allylic oxidation sites excluding steroid dienone is 1. The Bertz CT molecular complexity index is 658. The van der Waals surface area contributed by atoms with Gasteiger partial charge in [0.25, 0.3) is 0 Å². The van der Waals surface area contributed by atoms with Gasteiger partial charge in [-0.15, -0.1) is 13.2 Å². The lowest BCUT2D eigenvalue weighted by molar-refractivity contribution is 0.0134. The normalized spacial score (nSPS) is 18.4. The Balaban J connectivity index is 2.37. The van der Waals surface area contributed by atoms with Gasteiger partial charge in [-0.2, -0.15) is 5.10 Å². The van der Waals surface area contributed by atoms with E-state index < -0.39 is 11.7 Å². The Labute approximate surface area is 149 Å². The summed E-state index contributed by atoms with van der Waals surface area (Å²) in [4.78, 5) is 14.3. The summed E-state index contributed by atoms with van der Waals surface area (Å²) in [6.07, 6.45) is 3.44. The highest BCUT2D eigenvalue weighted by atomic mass is 16.6. The largest absolute Gasteiger partial charge is 0.444 e. The number of amides is 1. The molecule has 138 valence electrons. The van der Waals surface area contributed by atoms with Gasteiger partial charge in [0, 0.05) is 18.0 Å². The summed E-state index contributed by atoms with van der Waals surface area (Å²) in [5.74, 6) is 0. The fraction of sp³-hybridized carbons (Fsp3) is 0.579. The summed E-state index contributed by atoms with van der Waals surface area (Å²) in [6, 6.07) is -0.0150. The number of aromatic nitrogens is 2. The molecule has 2 rings (SSSR count). The molecule has 0 spiro atoms. The Morgan fingerprint density at radius 3 is 2.68 bits per heavy atom. The number of carbonyl (C=O) groups is 1. The van der Waals surface area contributed by atoms with Crippen molar-refractivity contribution in [2.45, 2.75) is 71.4 Å². The van der Waals surface area contributed by atoms with Crippen LogP contribution in [0.5, 0.6) is 0 Å². The smallest absolute Gasteiger partial charge is 0.410 e. The number of aliphatic hydroxyl groups excluding tert-OH is 1. The highest BCUT2D eigenvalue weighted by Gasteiger charge is 2.35. The quantitative estimate of drug-likeness (QED) is 0.829. The van der Waals surface area contributed by atoms with E-state index in [-0.39, 0.29) is 12.1 Å². The zero-order chi connectivity index (χ0) is 18.8. The molecular formula is C19H29N3O3. The van der Waals surface area contributed by atoms with E-state index in [4.69, 9.17) is 4.74 Å². The van der Waals surface area contributed by atoms with Crippen LogP contribution >= 0.6 is 0 Å². The Kier molecular flexibility index (Phi) is 5.72. The molecule has 6 heteroatoms. The number of hydrogen-bond acceptors (Lipinski definition) is 4. The van der Waals surface area contributed by atoms with Gasteiger partial charge in [0.1, 0.15) is 5.60 Å². The van der Waals surface area contributed by atoms with Crippen LogP contribution in [0.4, 0.5) is 4.79 Å². The number of carbonyl (C=O) groups excluding carboxylic acids is 1. The van der Waals surface area contributed by atoms with E-state index in [0.29, 0.717) is 25.9 Å². The Morgan fingerprint density at radius 2 is 2.12 bits per heavy atom. The summed E-state index contributed by atoms with van der Waals surface area (Å²) in [5, 5.41) is 15.2. The minimum absolute atomic E-state index is 0.0150. The Morgan fingerprint density at radius 1 is 1.44 bits per heavy atom. The first-order valence-electron chi connectivity index (χ1n) is 8.65. The second-order valence-electron chi connectivity index (χ2n) is 7.48. The SMILES string of the molecule is C=CC[C@@H](O)c1c2c(nn1CC=C)C[C@@H](C)N(C(=O)OC(C)(C)C)C2. The van der Waals surface area contributed by atoms with Gasteiger partial charge < -0.3 is 14.7 Å². The standard InChI is InChI=1S/C19H29N3O3/c1-7-9-16(23)17-14-12-21(18(24)25-19(4,5)6)13(3)11-15(14)20-22(17)10-8-2/h7-8,13,16,23H,1-2,9-12H2,3-6H3/t13-,16-/m1/s1. The lowest BCUT2D eigenvalue weighted by Gasteiger charge is -2.34. The second kappa shape index (κ2) is 7.44. The van der Waals surface area contributed by atoms with Gasteiger partial charge in [-0.25, -0.2) is 4.79 Å². The molecule has 0 saturated carbocycles. The predicted molar refractivity (Wildman–Crippen MR) is 97.1 cm³/mol. The maximum absolute atomic E-state index is 12.6. The van der Waals surface area contributed by atoms with Gasteiger partial charge in [-0.3, -0.25) is 4.68 Å².